The van der Waals surface area contributed by atoms with E-state index in [1.807, 2.05) is 0 Å². The zero-order valence-corrected chi connectivity index (χ0v) is 12.3. The summed E-state index contributed by atoms with van der Waals surface area (Å²) in [6.07, 6.45) is 5.45. The van der Waals surface area contributed by atoms with Crippen molar-refractivity contribution < 1.29 is 17.9 Å². The number of hydrogen-bond donors (Lipinski definition) is 1. The topological polar surface area (TPSA) is 21.3 Å². The van der Waals surface area contributed by atoms with Gasteiger partial charge in [-0.15, -0.1) is 0 Å². The molecule has 1 fully saturated rings. The third-order valence-corrected chi connectivity index (χ3v) is 4.48. The van der Waals surface area contributed by atoms with Gasteiger partial charge in [0.1, 0.15) is 0 Å². The molecule has 0 aliphatic heterocycles. The van der Waals surface area contributed by atoms with Gasteiger partial charge < -0.3 is 10.1 Å². The van der Waals surface area contributed by atoms with Crippen molar-refractivity contribution >= 4 is 11.8 Å². The summed E-state index contributed by atoms with van der Waals surface area (Å²) in [6, 6.07) is 0. The van der Waals surface area contributed by atoms with Gasteiger partial charge in [-0.1, -0.05) is 37.4 Å². The second kappa shape index (κ2) is 9.08. The monoisotopic (exact) mass is 299 g/mol. The van der Waals surface area contributed by atoms with Crippen LogP contribution in [0.5, 0.6) is 0 Å². The Balaban J connectivity index is 2.27. The molecule has 1 atom stereocenters. The average molecular weight is 299 g/mol. The number of thioether (sulfide) groups is 1. The molecule has 1 aliphatic carbocycles. The molecule has 1 rings (SSSR count). The molecule has 1 aliphatic rings. The van der Waals surface area contributed by atoms with Gasteiger partial charge >= 0.3 is 5.51 Å². The lowest BCUT2D eigenvalue weighted by Crippen LogP contribution is -2.30. The lowest BCUT2D eigenvalue weighted by molar-refractivity contribution is -0.0328. The van der Waals surface area contributed by atoms with E-state index in [4.69, 9.17) is 4.74 Å². The van der Waals surface area contributed by atoms with Crippen LogP contribution >= 0.6 is 11.8 Å². The van der Waals surface area contributed by atoms with E-state index >= 15 is 0 Å². The maximum absolute atomic E-state index is 12.2. The summed E-state index contributed by atoms with van der Waals surface area (Å²) < 4.78 is 41.5. The van der Waals surface area contributed by atoms with Crippen LogP contribution in [0.15, 0.2) is 0 Å². The molecular formula is C13H24F3NOS. The van der Waals surface area contributed by atoms with Crippen molar-refractivity contribution in [2.45, 2.75) is 37.6 Å². The number of rotatable bonds is 9. The van der Waals surface area contributed by atoms with Crippen molar-refractivity contribution in [3.05, 3.63) is 0 Å². The van der Waals surface area contributed by atoms with E-state index in [0.29, 0.717) is 24.9 Å². The Labute approximate surface area is 117 Å². The van der Waals surface area contributed by atoms with Crippen molar-refractivity contribution in [1.29, 1.82) is 0 Å². The van der Waals surface area contributed by atoms with Crippen LogP contribution in [0.2, 0.25) is 0 Å². The van der Waals surface area contributed by atoms with Crippen molar-refractivity contribution in [3.8, 4) is 0 Å². The third kappa shape index (κ3) is 8.05. The van der Waals surface area contributed by atoms with E-state index in [1.165, 1.54) is 25.7 Å². The summed E-state index contributed by atoms with van der Waals surface area (Å²) in [4.78, 5) is 0. The predicted molar refractivity (Wildman–Crippen MR) is 73.3 cm³/mol. The number of hydrogen-bond acceptors (Lipinski definition) is 3. The average Bonchev–Trinajstić information content (AvgIpc) is 2.84. The number of methoxy groups -OCH3 is 1. The van der Waals surface area contributed by atoms with Crippen molar-refractivity contribution in [2.24, 2.45) is 11.8 Å². The highest BCUT2D eigenvalue weighted by molar-refractivity contribution is 8.00. The molecule has 2 nitrogen and oxygen atoms in total. The van der Waals surface area contributed by atoms with Crippen LogP contribution in [-0.2, 0) is 4.74 Å². The van der Waals surface area contributed by atoms with Gasteiger partial charge in [0.2, 0.25) is 0 Å². The Morgan fingerprint density at radius 2 is 2.00 bits per heavy atom. The molecular weight excluding hydrogens is 275 g/mol. The largest absolute Gasteiger partial charge is 0.441 e. The Morgan fingerprint density at radius 3 is 2.58 bits per heavy atom. The number of halogens is 3. The number of alkyl halides is 3. The molecule has 0 amide bonds. The van der Waals surface area contributed by atoms with Crippen LogP contribution in [0.1, 0.15) is 32.1 Å². The first-order valence-electron chi connectivity index (χ1n) is 6.93. The van der Waals surface area contributed by atoms with Crippen LogP contribution < -0.4 is 5.32 Å². The highest BCUT2D eigenvalue weighted by Gasteiger charge is 2.30. The lowest BCUT2D eigenvalue weighted by Gasteiger charge is -2.24. The Morgan fingerprint density at radius 1 is 1.32 bits per heavy atom. The van der Waals surface area contributed by atoms with Gasteiger partial charge in [0, 0.05) is 19.4 Å². The van der Waals surface area contributed by atoms with Crippen molar-refractivity contribution in [3.63, 3.8) is 0 Å². The predicted octanol–water partition coefficient (Wildman–Crippen LogP) is 3.67. The van der Waals surface area contributed by atoms with Gasteiger partial charge in [0.05, 0.1) is 6.61 Å². The molecule has 0 radical (unpaired) electrons. The third-order valence-electron chi connectivity index (χ3n) is 3.71. The van der Waals surface area contributed by atoms with Gasteiger partial charge in [-0.25, -0.2) is 0 Å². The molecule has 0 heterocycles. The fraction of sp³-hybridized carbons (Fsp3) is 1.00. The first-order chi connectivity index (χ1) is 9.03. The molecule has 114 valence electrons. The van der Waals surface area contributed by atoms with E-state index in [9.17, 15) is 13.2 Å². The molecule has 0 aromatic carbocycles. The molecule has 0 saturated heterocycles. The van der Waals surface area contributed by atoms with Crippen LogP contribution in [0.4, 0.5) is 13.2 Å². The summed E-state index contributed by atoms with van der Waals surface area (Å²) in [5.41, 5.74) is -4.09. The van der Waals surface area contributed by atoms with Crippen LogP contribution in [-0.4, -0.2) is 38.1 Å². The smallest absolute Gasteiger partial charge is 0.383 e. The van der Waals surface area contributed by atoms with E-state index in [-0.39, 0.29) is 17.5 Å². The summed E-state index contributed by atoms with van der Waals surface area (Å²) >= 11 is 0.112. The Hall–Kier alpha value is 0.0600. The molecule has 1 N–H and O–H groups in total. The fourth-order valence-electron chi connectivity index (χ4n) is 2.72. The lowest BCUT2D eigenvalue weighted by atomic mass is 9.88. The zero-order valence-electron chi connectivity index (χ0n) is 11.5. The molecule has 0 aromatic heterocycles. The SMILES string of the molecule is COCCNCC(CCSC(F)(F)F)C1CCCC1. The molecule has 0 spiro atoms. The first kappa shape index (κ1) is 17.1. The van der Waals surface area contributed by atoms with Gasteiger partial charge in [-0.05, 0) is 24.8 Å². The van der Waals surface area contributed by atoms with Crippen LogP contribution in [0.25, 0.3) is 0 Å². The summed E-state index contributed by atoms with van der Waals surface area (Å²) in [6.45, 7) is 2.23. The first-order valence-corrected chi connectivity index (χ1v) is 7.92. The van der Waals surface area contributed by atoms with Gasteiger partial charge in [-0.2, -0.15) is 13.2 Å². The molecule has 1 unspecified atom stereocenters. The minimum absolute atomic E-state index is 0.112. The molecule has 1 saturated carbocycles. The number of ether oxygens (including phenoxy) is 1. The van der Waals surface area contributed by atoms with E-state index < -0.39 is 5.51 Å². The molecule has 6 heteroatoms. The zero-order chi connectivity index (χ0) is 14.1. The van der Waals surface area contributed by atoms with Gasteiger partial charge in [0.25, 0.3) is 0 Å². The second-order valence-corrected chi connectivity index (χ2v) is 6.24. The number of nitrogens with one attached hydrogen (secondary N) is 1. The van der Waals surface area contributed by atoms with E-state index in [2.05, 4.69) is 5.32 Å². The standard InChI is InChI=1S/C13H24F3NOS/c1-18-8-7-17-10-12(11-4-2-3-5-11)6-9-19-13(14,15)16/h11-12,17H,2-10H2,1H3. The Bertz CT molecular complexity index is 232. The van der Waals surface area contributed by atoms with Crippen molar-refractivity contribution in [1.82, 2.24) is 5.32 Å². The van der Waals surface area contributed by atoms with Crippen molar-refractivity contribution in [2.75, 3.05) is 32.6 Å². The molecule has 0 bridgehead atoms. The normalized spacial score (nSPS) is 18.9. The minimum Gasteiger partial charge on any atom is -0.383 e. The molecule has 19 heavy (non-hydrogen) atoms. The second-order valence-electron chi connectivity index (χ2n) is 5.08. The quantitative estimate of drug-likeness (QED) is 0.656. The minimum atomic E-state index is -4.09. The van der Waals surface area contributed by atoms with E-state index in [1.54, 1.807) is 7.11 Å². The maximum atomic E-state index is 12.2. The summed E-state index contributed by atoms with van der Waals surface area (Å²) in [7, 11) is 1.65. The van der Waals surface area contributed by atoms with Crippen LogP contribution in [0, 0.1) is 11.8 Å². The Kier molecular flexibility index (Phi) is 8.18. The highest BCUT2D eigenvalue weighted by Crippen LogP contribution is 2.36. The van der Waals surface area contributed by atoms with Crippen LogP contribution in [0.3, 0.4) is 0 Å². The van der Waals surface area contributed by atoms with Gasteiger partial charge in [0.15, 0.2) is 0 Å². The summed E-state index contributed by atoms with van der Waals surface area (Å²) in [5, 5.41) is 3.30. The fourth-order valence-corrected chi connectivity index (χ4v) is 3.37. The molecule has 0 aromatic rings. The maximum Gasteiger partial charge on any atom is 0.441 e. The van der Waals surface area contributed by atoms with Gasteiger partial charge in [-0.3, -0.25) is 0 Å². The summed E-state index contributed by atoms with van der Waals surface area (Å²) in [5.74, 6) is 1.15. The van der Waals surface area contributed by atoms with E-state index in [0.717, 1.165) is 13.1 Å². The highest BCUT2D eigenvalue weighted by atomic mass is 32.2.